The number of rotatable bonds is 3. The smallest absolute Gasteiger partial charge is 0.172 e. The first kappa shape index (κ1) is 14.2. The molecule has 0 amide bonds. The summed E-state index contributed by atoms with van der Waals surface area (Å²) in [4.78, 5) is 4.69. The van der Waals surface area contributed by atoms with Gasteiger partial charge in [0.2, 0.25) is 0 Å². The molecule has 0 unspecified atom stereocenters. The summed E-state index contributed by atoms with van der Waals surface area (Å²) < 4.78 is 16.6. The van der Waals surface area contributed by atoms with Gasteiger partial charge in [-0.05, 0) is 34.2 Å². The van der Waals surface area contributed by atoms with Gasteiger partial charge < -0.3 is 0 Å². The van der Waals surface area contributed by atoms with Crippen LogP contribution in [0.3, 0.4) is 0 Å². The van der Waals surface area contributed by atoms with Crippen molar-refractivity contribution < 1.29 is 4.39 Å². The van der Waals surface area contributed by atoms with Gasteiger partial charge in [0.05, 0.1) is 5.52 Å². The Morgan fingerprint density at radius 1 is 1.30 bits per heavy atom. The molecule has 0 aliphatic carbocycles. The third-order valence-corrected chi connectivity index (χ3v) is 5.14. The van der Waals surface area contributed by atoms with Crippen molar-refractivity contribution in [2.24, 2.45) is 0 Å². The van der Waals surface area contributed by atoms with E-state index in [0.29, 0.717) is 10.6 Å². The van der Waals surface area contributed by atoms with E-state index in [2.05, 4.69) is 27.6 Å². The topological polar surface area (TPSA) is 17.3 Å². The molecule has 102 valence electrons. The molecule has 2 nitrogen and oxygen atoms in total. The standard InChI is InChI=1S/C14H9ClFIN2S/c15-13-12(16)11(6-10-14(17)18-8-19(10)13)20-7-9-4-2-1-3-5-9/h1-6,8H,7H2. The zero-order valence-electron chi connectivity index (χ0n) is 10.2. The van der Waals surface area contributed by atoms with Crippen LogP contribution in [0.1, 0.15) is 5.56 Å². The highest BCUT2D eigenvalue weighted by atomic mass is 127. The van der Waals surface area contributed by atoms with Crippen LogP contribution in [0, 0.1) is 9.52 Å². The number of fused-ring (bicyclic) bond motifs is 1. The van der Waals surface area contributed by atoms with Gasteiger partial charge in [0.15, 0.2) is 11.0 Å². The zero-order chi connectivity index (χ0) is 14.1. The molecule has 6 heteroatoms. The fourth-order valence-electron chi connectivity index (χ4n) is 1.86. The predicted molar refractivity (Wildman–Crippen MR) is 88.9 cm³/mol. The lowest BCUT2D eigenvalue weighted by atomic mass is 10.2. The molecule has 0 bridgehead atoms. The first-order valence-electron chi connectivity index (χ1n) is 5.84. The molecule has 0 fully saturated rings. The van der Waals surface area contributed by atoms with Gasteiger partial charge in [-0.3, -0.25) is 4.40 Å². The second-order valence-corrected chi connectivity index (χ2v) is 6.58. The van der Waals surface area contributed by atoms with Crippen LogP contribution in [-0.2, 0) is 5.75 Å². The van der Waals surface area contributed by atoms with E-state index in [1.165, 1.54) is 18.1 Å². The van der Waals surface area contributed by atoms with E-state index >= 15 is 0 Å². The van der Waals surface area contributed by atoms with Crippen molar-refractivity contribution in [3.63, 3.8) is 0 Å². The highest BCUT2D eigenvalue weighted by molar-refractivity contribution is 14.1. The number of aromatic nitrogens is 2. The first-order chi connectivity index (χ1) is 9.66. The van der Waals surface area contributed by atoms with E-state index in [1.54, 1.807) is 10.5 Å². The van der Waals surface area contributed by atoms with Crippen LogP contribution in [0.15, 0.2) is 47.6 Å². The zero-order valence-corrected chi connectivity index (χ0v) is 13.9. The van der Waals surface area contributed by atoms with Gasteiger partial charge >= 0.3 is 0 Å². The van der Waals surface area contributed by atoms with E-state index < -0.39 is 5.82 Å². The highest BCUT2D eigenvalue weighted by Crippen LogP contribution is 2.32. The van der Waals surface area contributed by atoms with Crippen LogP contribution in [0.2, 0.25) is 5.15 Å². The number of nitrogens with zero attached hydrogens (tertiary/aromatic N) is 2. The molecule has 2 heterocycles. The summed E-state index contributed by atoms with van der Waals surface area (Å²) in [5, 5.41) is 0.0773. The Morgan fingerprint density at radius 3 is 2.80 bits per heavy atom. The molecule has 20 heavy (non-hydrogen) atoms. The van der Waals surface area contributed by atoms with Gasteiger partial charge in [-0.1, -0.05) is 41.9 Å². The number of pyridine rings is 1. The minimum atomic E-state index is -0.395. The van der Waals surface area contributed by atoms with Crippen LogP contribution < -0.4 is 0 Å². The summed E-state index contributed by atoms with van der Waals surface area (Å²) >= 11 is 9.61. The Labute approximate surface area is 138 Å². The predicted octanol–water partition coefficient (Wildman–Crippen LogP) is 5.02. The van der Waals surface area contributed by atoms with Gasteiger partial charge in [0, 0.05) is 10.6 Å². The van der Waals surface area contributed by atoms with Gasteiger partial charge in [0.25, 0.3) is 0 Å². The normalized spacial score (nSPS) is 11.2. The molecule has 1 aromatic carbocycles. The minimum absolute atomic E-state index is 0.0773. The monoisotopic (exact) mass is 418 g/mol. The van der Waals surface area contributed by atoms with Crippen molar-refractivity contribution in [1.82, 2.24) is 9.38 Å². The van der Waals surface area contributed by atoms with Crippen molar-refractivity contribution in [3.8, 4) is 0 Å². The van der Waals surface area contributed by atoms with Gasteiger partial charge in [-0.2, -0.15) is 0 Å². The summed E-state index contributed by atoms with van der Waals surface area (Å²) in [6.45, 7) is 0. The lowest BCUT2D eigenvalue weighted by Gasteiger charge is -2.07. The van der Waals surface area contributed by atoms with Crippen LogP contribution in [0.5, 0.6) is 0 Å². The quantitative estimate of drug-likeness (QED) is 0.337. The Kier molecular flexibility index (Phi) is 4.18. The molecule has 0 radical (unpaired) electrons. The Hall–Kier alpha value is -0.790. The van der Waals surface area contributed by atoms with Crippen LogP contribution in [0.4, 0.5) is 4.39 Å². The second-order valence-electron chi connectivity index (χ2n) is 4.18. The SMILES string of the molecule is Fc1c(SCc2ccccc2)cc2c(I)ncn2c1Cl. The lowest BCUT2D eigenvalue weighted by molar-refractivity contribution is 0.594. The third kappa shape index (κ3) is 2.66. The molecule has 0 saturated carbocycles. The maximum Gasteiger partial charge on any atom is 0.172 e. The van der Waals surface area contributed by atoms with E-state index in [1.807, 2.05) is 30.3 Å². The van der Waals surface area contributed by atoms with E-state index in [-0.39, 0.29) is 5.15 Å². The van der Waals surface area contributed by atoms with Crippen molar-refractivity contribution in [1.29, 1.82) is 0 Å². The van der Waals surface area contributed by atoms with Crippen LogP contribution >= 0.6 is 46.0 Å². The number of benzene rings is 1. The number of hydrogen-bond donors (Lipinski definition) is 0. The molecule has 3 rings (SSSR count). The average molecular weight is 419 g/mol. The average Bonchev–Trinajstić information content (AvgIpc) is 2.84. The van der Waals surface area contributed by atoms with Gasteiger partial charge in [-0.15, -0.1) is 11.8 Å². The molecule has 3 aromatic rings. The van der Waals surface area contributed by atoms with E-state index in [0.717, 1.165) is 14.8 Å². The number of imidazole rings is 1. The van der Waals surface area contributed by atoms with Crippen molar-refractivity contribution >= 4 is 51.5 Å². The molecule has 0 atom stereocenters. The molecule has 0 aliphatic heterocycles. The van der Waals surface area contributed by atoms with Crippen LogP contribution in [-0.4, -0.2) is 9.38 Å². The number of halogens is 3. The van der Waals surface area contributed by atoms with Gasteiger partial charge in [-0.25, -0.2) is 9.37 Å². The first-order valence-corrected chi connectivity index (χ1v) is 8.28. The summed E-state index contributed by atoms with van der Waals surface area (Å²) in [5.41, 5.74) is 1.98. The van der Waals surface area contributed by atoms with Gasteiger partial charge in [0.1, 0.15) is 10.0 Å². The third-order valence-electron chi connectivity index (χ3n) is 2.87. The van der Waals surface area contributed by atoms with Crippen molar-refractivity contribution in [2.75, 3.05) is 0 Å². The number of thioether (sulfide) groups is 1. The highest BCUT2D eigenvalue weighted by Gasteiger charge is 2.14. The van der Waals surface area contributed by atoms with Crippen LogP contribution in [0.25, 0.3) is 5.52 Å². The molecule has 0 saturated heterocycles. The van der Waals surface area contributed by atoms with Crippen molar-refractivity contribution in [3.05, 3.63) is 63.0 Å². The second kappa shape index (κ2) is 5.91. The number of hydrogen-bond acceptors (Lipinski definition) is 2. The fraction of sp³-hybridized carbons (Fsp3) is 0.0714. The van der Waals surface area contributed by atoms with E-state index in [4.69, 9.17) is 11.6 Å². The molecule has 0 aliphatic rings. The fourth-order valence-corrected chi connectivity index (χ4v) is 3.62. The Morgan fingerprint density at radius 2 is 2.05 bits per heavy atom. The maximum absolute atomic E-state index is 14.2. The molecular formula is C14H9ClFIN2S. The molecular weight excluding hydrogens is 410 g/mol. The largest absolute Gasteiger partial charge is 0.286 e. The maximum atomic E-state index is 14.2. The summed E-state index contributed by atoms with van der Waals surface area (Å²) in [6, 6.07) is 11.8. The Balaban J connectivity index is 1.95. The van der Waals surface area contributed by atoms with E-state index in [9.17, 15) is 4.39 Å². The molecule has 0 N–H and O–H groups in total. The summed E-state index contributed by atoms with van der Waals surface area (Å²) in [7, 11) is 0. The Bertz CT molecular complexity index is 761. The molecule has 2 aromatic heterocycles. The minimum Gasteiger partial charge on any atom is -0.286 e. The lowest BCUT2D eigenvalue weighted by Crippen LogP contribution is -1.93. The van der Waals surface area contributed by atoms with Crippen molar-refractivity contribution in [2.45, 2.75) is 10.6 Å². The summed E-state index contributed by atoms with van der Waals surface area (Å²) in [5.74, 6) is 0.309. The molecule has 0 spiro atoms. The summed E-state index contributed by atoms with van der Waals surface area (Å²) in [6.07, 6.45) is 1.54.